The lowest BCUT2D eigenvalue weighted by Crippen LogP contribution is -2.62. The Labute approximate surface area is 131 Å². The maximum Gasteiger partial charge on any atom is 0.0615 e. The van der Waals surface area contributed by atoms with Crippen molar-refractivity contribution < 1.29 is 4.74 Å². The van der Waals surface area contributed by atoms with Gasteiger partial charge >= 0.3 is 0 Å². The maximum absolute atomic E-state index is 5.45. The number of hydrogen-bond donors (Lipinski definition) is 1. The Bertz CT molecular complexity index is 289. The lowest BCUT2D eigenvalue weighted by atomic mass is 9.81. The van der Waals surface area contributed by atoms with E-state index in [-0.39, 0.29) is 0 Å². The van der Waals surface area contributed by atoms with Gasteiger partial charge in [0.05, 0.1) is 6.61 Å². The van der Waals surface area contributed by atoms with Crippen molar-refractivity contribution in [2.24, 2.45) is 11.8 Å². The number of ether oxygens (including phenoxy) is 1. The van der Waals surface area contributed by atoms with Crippen LogP contribution in [0.5, 0.6) is 0 Å². The van der Waals surface area contributed by atoms with Crippen molar-refractivity contribution in [3.8, 4) is 0 Å². The van der Waals surface area contributed by atoms with Crippen molar-refractivity contribution in [1.82, 2.24) is 10.2 Å². The summed E-state index contributed by atoms with van der Waals surface area (Å²) in [4.78, 5) is 2.77. The second-order valence-corrected chi connectivity index (χ2v) is 7.70. The Hall–Kier alpha value is -0.120. The molecule has 3 unspecified atom stereocenters. The van der Waals surface area contributed by atoms with Crippen molar-refractivity contribution in [2.75, 3.05) is 26.8 Å². The Kier molecular flexibility index (Phi) is 6.97. The zero-order chi connectivity index (χ0) is 15.2. The van der Waals surface area contributed by atoms with Crippen LogP contribution in [0, 0.1) is 11.8 Å². The molecule has 1 aliphatic heterocycles. The van der Waals surface area contributed by atoms with Gasteiger partial charge in [0.1, 0.15) is 0 Å². The maximum atomic E-state index is 5.45. The average molecular weight is 296 g/mol. The Balaban J connectivity index is 2.00. The third-order valence-corrected chi connectivity index (χ3v) is 5.40. The molecule has 0 radical (unpaired) electrons. The van der Waals surface area contributed by atoms with E-state index < -0.39 is 0 Å². The van der Waals surface area contributed by atoms with Gasteiger partial charge in [-0.15, -0.1) is 0 Å². The first kappa shape index (κ1) is 17.2. The van der Waals surface area contributed by atoms with E-state index in [1.165, 1.54) is 51.6 Å². The van der Waals surface area contributed by atoms with Gasteiger partial charge < -0.3 is 10.1 Å². The Morgan fingerprint density at radius 1 is 1.14 bits per heavy atom. The molecule has 2 aliphatic rings. The molecule has 1 N–H and O–H groups in total. The summed E-state index contributed by atoms with van der Waals surface area (Å²) in [6.07, 6.45) is 8.45. The highest BCUT2D eigenvalue weighted by Crippen LogP contribution is 2.31. The molecule has 21 heavy (non-hydrogen) atoms. The molecule has 1 heterocycles. The van der Waals surface area contributed by atoms with E-state index in [0.29, 0.717) is 12.1 Å². The van der Waals surface area contributed by atoms with Crippen LogP contribution >= 0.6 is 0 Å². The van der Waals surface area contributed by atoms with Gasteiger partial charge in [0, 0.05) is 38.3 Å². The topological polar surface area (TPSA) is 24.5 Å². The standard InChI is InChI=1S/C18H36N2O/c1-14(2)10-17-12-20(15(3)13-21-4)18(11-19-17)16-8-6-5-7-9-16/h14-19H,5-13H2,1-4H3. The van der Waals surface area contributed by atoms with Gasteiger partial charge in [-0.3, -0.25) is 4.90 Å². The van der Waals surface area contributed by atoms with Crippen molar-refractivity contribution >= 4 is 0 Å². The molecule has 124 valence electrons. The summed E-state index contributed by atoms with van der Waals surface area (Å²) in [6.45, 7) is 10.2. The van der Waals surface area contributed by atoms with Crippen LogP contribution in [0.4, 0.5) is 0 Å². The van der Waals surface area contributed by atoms with E-state index in [2.05, 4.69) is 31.0 Å². The molecule has 2 fully saturated rings. The van der Waals surface area contributed by atoms with Crippen LogP contribution in [0.1, 0.15) is 59.3 Å². The minimum Gasteiger partial charge on any atom is -0.383 e. The molecule has 0 aromatic heterocycles. The zero-order valence-corrected chi connectivity index (χ0v) is 14.6. The Morgan fingerprint density at radius 3 is 2.48 bits per heavy atom. The summed E-state index contributed by atoms with van der Waals surface area (Å²) >= 11 is 0. The second-order valence-electron chi connectivity index (χ2n) is 7.70. The quantitative estimate of drug-likeness (QED) is 0.814. The van der Waals surface area contributed by atoms with E-state index in [4.69, 9.17) is 4.74 Å². The lowest BCUT2D eigenvalue weighted by Gasteiger charge is -2.48. The van der Waals surface area contributed by atoms with Gasteiger partial charge in [0.2, 0.25) is 0 Å². The molecule has 0 amide bonds. The molecule has 1 saturated heterocycles. The molecular formula is C18H36N2O. The summed E-state index contributed by atoms with van der Waals surface area (Å²) in [5.41, 5.74) is 0. The number of hydrogen-bond acceptors (Lipinski definition) is 3. The normalized spacial score (nSPS) is 30.7. The molecule has 3 heteroatoms. The van der Waals surface area contributed by atoms with Crippen molar-refractivity contribution in [3.63, 3.8) is 0 Å². The van der Waals surface area contributed by atoms with Crippen LogP contribution < -0.4 is 5.32 Å². The molecular weight excluding hydrogens is 260 g/mol. The van der Waals surface area contributed by atoms with Gasteiger partial charge in [-0.2, -0.15) is 0 Å². The van der Waals surface area contributed by atoms with E-state index in [1.54, 1.807) is 0 Å². The zero-order valence-electron chi connectivity index (χ0n) is 14.6. The molecule has 0 aromatic carbocycles. The van der Waals surface area contributed by atoms with E-state index in [1.807, 2.05) is 7.11 Å². The monoisotopic (exact) mass is 296 g/mol. The molecule has 2 rings (SSSR count). The largest absolute Gasteiger partial charge is 0.383 e. The predicted molar refractivity (Wildman–Crippen MR) is 89.7 cm³/mol. The molecule has 0 spiro atoms. The second kappa shape index (κ2) is 8.50. The van der Waals surface area contributed by atoms with Gasteiger partial charge in [0.15, 0.2) is 0 Å². The van der Waals surface area contributed by atoms with Crippen molar-refractivity contribution in [1.29, 1.82) is 0 Å². The number of methoxy groups -OCH3 is 1. The van der Waals surface area contributed by atoms with Crippen LogP contribution in [0.25, 0.3) is 0 Å². The van der Waals surface area contributed by atoms with E-state index in [0.717, 1.165) is 24.5 Å². The molecule has 1 saturated carbocycles. The number of piperazine rings is 1. The first-order valence-electron chi connectivity index (χ1n) is 9.09. The Morgan fingerprint density at radius 2 is 1.86 bits per heavy atom. The molecule has 0 aromatic rings. The first-order chi connectivity index (χ1) is 10.1. The summed E-state index contributed by atoms with van der Waals surface area (Å²) in [6, 6.07) is 1.92. The van der Waals surface area contributed by atoms with Crippen LogP contribution in [0.3, 0.4) is 0 Å². The molecule has 1 aliphatic carbocycles. The van der Waals surface area contributed by atoms with Crippen molar-refractivity contribution in [2.45, 2.75) is 77.4 Å². The number of nitrogens with zero attached hydrogens (tertiary/aromatic N) is 1. The van der Waals surface area contributed by atoms with Gasteiger partial charge in [-0.25, -0.2) is 0 Å². The highest BCUT2D eigenvalue weighted by molar-refractivity contribution is 4.93. The highest BCUT2D eigenvalue weighted by Gasteiger charge is 2.36. The molecule has 0 bridgehead atoms. The fourth-order valence-electron chi connectivity index (χ4n) is 4.39. The van der Waals surface area contributed by atoms with E-state index >= 15 is 0 Å². The average Bonchev–Trinajstić information content (AvgIpc) is 2.48. The van der Waals surface area contributed by atoms with E-state index in [9.17, 15) is 0 Å². The van der Waals surface area contributed by atoms with Gasteiger partial charge in [-0.1, -0.05) is 33.1 Å². The summed E-state index contributed by atoms with van der Waals surface area (Å²) in [7, 11) is 1.83. The SMILES string of the molecule is COCC(C)N1CC(CC(C)C)NCC1C1CCCCC1. The number of nitrogens with one attached hydrogen (secondary N) is 1. The van der Waals surface area contributed by atoms with Crippen LogP contribution in [-0.2, 0) is 4.74 Å². The molecule has 3 nitrogen and oxygen atoms in total. The summed E-state index contributed by atoms with van der Waals surface area (Å²) < 4.78 is 5.45. The fourth-order valence-corrected chi connectivity index (χ4v) is 4.39. The van der Waals surface area contributed by atoms with Gasteiger partial charge in [0.25, 0.3) is 0 Å². The van der Waals surface area contributed by atoms with Crippen molar-refractivity contribution in [3.05, 3.63) is 0 Å². The van der Waals surface area contributed by atoms with Crippen LogP contribution in [-0.4, -0.2) is 49.8 Å². The third-order valence-electron chi connectivity index (χ3n) is 5.40. The first-order valence-corrected chi connectivity index (χ1v) is 9.09. The summed E-state index contributed by atoms with van der Waals surface area (Å²) in [5, 5.41) is 3.84. The van der Waals surface area contributed by atoms with Gasteiger partial charge in [-0.05, 0) is 38.0 Å². The fraction of sp³-hybridized carbons (Fsp3) is 1.00. The predicted octanol–water partition coefficient (Wildman–Crippen LogP) is 3.29. The number of rotatable bonds is 6. The van der Waals surface area contributed by atoms with Crippen LogP contribution in [0.2, 0.25) is 0 Å². The molecule has 3 atom stereocenters. The lowest BCUT2D eigenvalue weighted by molar-refractivity contribution is 0.00782. The summed E-state index contributed by atoms with van der Waals surface area (Å²) in [5.74, 6) is 1.67. The smallest absolute Gasteiger partial charge is 0.0615 e. The minimum atomic E-state index is 0.540. The third kappa shape index (κ3) is 4.94. The minimum absolute atomic E-state index is 0.540. The highest BCUT2D eigenvalue weighted by atomic mass is 16.5. The van der Waals surface area contributed by atoms with Crippen LogP contribution in [0.15, 0.2) is 0 Å².